The van der Waals surface area contributed by atoms with E-state index in [1.807, 2.05) is 91.0 Å². The third-order valence-electron chi connectivity index (χ3n) is 5.66. The molecule has 0 aliphatic carbocycles. The second-order valence-electron chi connectivity index (χ2n) is 8.19. The van der Waals surface area contributed by atoms with E-state index in [4.69, 9.17) is 0 Å². The molecule has 6 nitrogen and oxygen atoms in total. The van der Waals surface area contributed by atoms with Crippen molar-refractivity contribution in [2.75, 3.05) is 5.32 Å². The first kappa shape index (κ1) is 23.8. The SMILES string of the molecule is O=C(N[C@H](Cc1ccccc1)C(=O)Nc1nnc(-c2ccc(Br)cc2)s1)c1ccc2ccccc2c1. The number of fused-ring (bicyclic) bond motifs is 1. The monoisotopic (exact) mass is 556 g/mol. The Balaban J connectivity index is 1.35. The minimum absolute atomic E-state index is 0.315. The van der Waals surface area contributed by atoms with E-state index in [-0.39, 0.29) is 11.8 Å². The molecule has 2 amide bonds. The summed E-state index contributed by atoms with van der Waals surface area (Å²) in [5.41, 5.74) is 2.33. The van der Waals surface area contributed by atoms with E-state index in [0.29, 0.717) is 22.1 Å². The fraction of sp³-hybridized carbons (Fsp3) is 0.0714. The van der Waals surface area contributed by atoms with Gasteiger partial charge < -0.3 is 5.32 Å². The van der Waals surface area contributed by atoms with Gasteiger partial charge in [-0.1, -0.05) is 100 Å². The van der Waals surface area contributed by atoms with Crippen LogP contribution in [0, 0.1) is 0 Å². The zero-order chi connectivity index (χ0) is 24.9. The van der Waals surface area contributed by atoms with Crippen LogP contribution in [-0.4, -0.2) is 28.1 Å². The van der Waals surface area contributed by atoms with Crippen molar-refractivity contribution < 1.29 is 9.59 Å². The summed E-state index contributed by atoms with van der Waals surface area (Å²) in [6.45, 7) is 0. The molecule has 1 heterocycles. The average molecular weight is 557 g/mol. The first-order chi connectivity index (χ1) is 17.5. The summed E-state index contributed by atoms with van der Waals surface area (Å²) in [5.74, 6) is -0.670. The van der Waals surface area contributed by atoms with Gasteiger partial charge in [0.2, 0.25) is 11.0 Å². The van der Waals surface area contributed by atoms with Crippen LogP contribution in [-0.2, 0) is 11.2 Å². The molecule has 0 spiro atoms. The van der Waals surface area contributed by atoms with Crippen LogP contribution in [0.5, 0.6) is 0 Å². The molecule has 0 bridgehead atoms. The maximum atomic E-state index is 13.3. The highest BCUT2D eigenvalue weighted by Gasteiger charge is 2.23. The van der Waals surface area contributed by atoms with E-state index in [9.17, 15) is 9.59 Å². The standard InChI is InChI=1S/C28H21BrN4O2S/c29-23-14-12-20(13-15-23)27-32-33-28(36-27)31-26(35)24(16-18-6-2-1-3-7-18)30-25(34)22-11-10-19-8-4-5-9-21(19)17-22/h1-15,17,24H,16H2,(H,30,34)(H,31,33,35)/t24-/m1/s1. The van der Waals surface area contributed by atoms with Crippen molar-refractivity contribution in [1.29, 1.82) is 0 Å². The van der Waals surface area contributed by atoms with E-state index in [0.717, 1.165) is 26.4 Å². The molecule has 0 radical (unpaired) electrons. The van der Waals surface area contributed by atoms with Gasteiger partial charge in [0.1, 0.15) is 11.0 Å². The lowest BCUT2D eigenvalue weighted by atomic mass is 10.0. The number of carbonyl (C=O) groups excluding carboxylic acids is 2. The van der Waals surface area contributed by atoms with Crippen molar-refractivity contribution in [3.63, 3.8) is 0 Å². The Bertz CT molecular complexity index is 1520. The van der Waals surface area contributed by atoms with Crippen LogP contribution in [0.3, 0.4) is 0 Å². The molecule has 0 aliphatic rings. The Labute approximate surface area is 220 Å². The molecular weight excluding hydrogens is 536 g/mol. The molecule has 5 aromatic rings. The fourth-order valence-electron chi connectivity index (χ4n) is 3.81. The first-order valence-corrected chi connectivity index (χ1v) is 12.9. The topological polar surface area (TPSA) is 84.0 Å². The predicted molar refractivity (Wildman–Crippen MR) is 147 cm³/mol. The number of rotatable bonds is 7. The molecule has 0 aliphatic heterocycles. The van der Waals surface area contributed by atoms with Gasteiger partial charge in [0, 0.05) is 22.0 Å². The Hall–Kier alpha value is -3.88. The summed E-state index contributed by atoms with van der Waals surface area (Å²) >= 11 is 4.70. The minimum atomic E-state index is -0.800. The summed E-state index contributed by atoms with van der Waals surface area (Å²) in [6.07, 6.45) is 0.338. The van der Waals surface area contributed by atoms with E-state index in [1.165, 1.54) is 11.3 Å². The number of nitrogens with one attached hydrogen (secondary N) is 2. The fourth-order valence-corrected chi connectivity index (χ4v) is 4.82. The summed E-state index contributed by atoms with van der Waals surface area (Å²) in [5, 5.41) is 17.1. The van der Waals surface area contributed by atoms with Crippen LogP contribution < -0.4 is 10.6 Å². The number of nitrogens with zero attached hydrogens (tertiary/aromatic N) is 2. The zero-order valence-electron chi connectivity index (χ0n) is 19.0. The van der Waals surface area contributed by atoms with Crippen molar-refractivity contribution in [1.82, 2.24) is 15.5 Å². The highest BCUT2D eigenvalue weighted by Crippen LogP contribution is 2.27. The van der Waals surface area contributed by atoms with Crippen LogP contribution in [0.4, 0.5) is 5.13 Å². The number of benzene rings is 4. The van der Waals surface area contributed by atoms with E-state index in [1.54, 1.807) is 6.07 Å². The Morgan fingerprint density at radius 3 is 2.33 bits per heavy atom. The average Bonchev–Trinajstić information content (AvgIpc) is 3.37. The van der Waals surface area contributed by atoms with Gasteiger partial charge >= 0.3 is 0 Å². The summed E-state index contributed by atoms with van der Waals surface area (Å²) in [6, 6.07) is 29.8. The molecule has 4 aromatic carbocycles. The Kier molecular flexibility index (Phi) is 7.16. The smallest absolute Gasteiger partial charge is 0.251 e. The van der Waals surface area contributed by atoms with Crippen molar-refractivity contribution in [3.8, 4) is 10.6 Å². The number of hydrogen-bond donors (Lipinski definition) is 2. The molecule has 0 unspecified atom stereocenters. The third-order valence-corrected chi connectivity index (χ3v) is 7.08. The molecule has 0 fully saturated rings. The van der Waals surface area contributed by atoms with Crippen LogP contribution in [0.2, 0.25) is 0 Å². The van der Waals surface area contributed by atoms with Gasteiger partial charge in [-0.3, -0.25) is 14.9 Å². The first-order valence-electron chi connectivity index (χ1n) is 11.3. The van der Waals surface area contributed by atoms with Gasteiger partial charge in [-0.15, -0.1) is 10.2 Å². The molecular formula is C28H21BrN4O2S. The highest BCUT2D eigenvalue weighted by atomic mass is 79.9. The quantitative estimate of drug-likeness (QED) is 0.253. The van der Waals surface area contributed by atoms with Gasteiger partial charge in [-0.05, 0) is 40.6 Å². The van der Waals surface area contributed by atoms with Crippen molar-refractivity contribution in [2.45, 2.75) is 12.5 Å². The number of anilines is 1. The molecule has 1 aromatic heterocycles. The summed E-state index contributed by atoms with van der Waals surface area (Å²) in [7, 11) is 0. The maximum absolute atomic E-state index is 13.3. The Morgan fingerprint density at radius 1 is 0.833 bits per heavy atom. The molecule has 2 N–H and O–H groups in total. The second-order valence-corrected chi connectivity index (χ2v) is 10.1. The molecule has 178 valence electrons. The van der Waals surface area contributed by atoms with Crippen LogP contribution in [0.15, 0.2) is 102 Å². The van der Waals surface area contributed by atoms with Gasteiger partial charge in [0.05, 0.1) is 0 Å². The molecule has 36 heavy (non-hydrogen) atoms. The van der Waals surface area contributed by atoms with Gasteiger partial charge in [-0.25, -0.2) is 0 Å². The van der Waals surface area contributed by atoms with E-state index < -0.39 is 6.04 Å². The number of carbonyl (C=O) groups is 2. The van der Waals surface area contributed by atoms with E-state index in [2.05, 4.69) is 36.8 Å². The van der Waals surface area contributed by atoms with Crippen molar-refractivity contribution in [2.24, 2.45) is 0 Å². The normalized spacial score (nSPS) is 11.7. The molecule has 1 atom stereocenters. The number of hydrogen-bond acceptors (Lipinski definition) is 5. The van der Waals surface area contributed by atoms with Crippen LogP contribution >= 0.6 is 27.3 Å². The lowest BCUT2D eigenvalue weighted by Gasteiger charge is -2.18. The lowest BCUT2D eigenvalue weighted by molar-refractivity contribution is -0.118. The maximum Gasteiger partial charge on any atom is 0.251 e. The van der Waals surface area contributed by atoms with Crippen molar-refractivity contribution in [3.05, 3.63) is 113 Å². The number of amides is 2. The second kappa shape index (κ2) is 10.8. The third kappa shape index (κ3) is 5.67. The van der Waals surface area contributed by atoms with Gasteiger partial charge in [-0.2, -0.15) is 0 Å². The van der Waals surface area contributed by atoms with Crippen LogP contribution in [0.25, 0.3) is 21.3 Å². The number of aromatic nitrogens is 2. The zero-order valence-corrected chi connectivity index (χ0v) is 21.4. The number of halogens is 1. The highest BCUT2D eigenvalue weighted by molar-refractivity contribution is 9.10. The minimum Gasteiger partial charge on any atom is -0.340 e. The van der Waals surface area contributed by atoms with Crippen LogP contribution in [0.1, 0.15) is 15.9 Å². The van der Waals surface area contributed by atoms with Gasteiger partial charge in [0.25, 0.3) is 5.91 Å². The molecule has 8 heteroatoms. The van der Waals surface area contributed by atoms with E-state index >= 15 is 0 Å². The lowest BCUT2D eigenvalue weighted by Crippen LogP contribution is -2.45. The van der Waals surface area contributed by atoms with Gasteiger partial charge in [0.15, 0.2) is 0 Å². The molecule has 0 saturated heterocycles. The Morgan fingerprint density at radius 2 is 1.56 bits per heavy atom. The van der Waals surface area contributed by atoms with Crippen molar-refractivity contribution >= 4 is 55.0 Å². The predicted octanol–water partition coefficient (Wildman–Crippen LogP) is 6.10. The summed E-state index contributed by atoms with van der Waals surface area (Å²) < 4.78 is 0.968. The molecule has 5 rings (SSSR count). The largest absolute Gasteiger partial charge is 0.340 e. The molecule has 0 saturated carbocycles. The summed E-state index contributed by atoms with van der Waals surface area (Å²) in [4.78, 5) is 26.4.